The molecule has 174 valence electrons. The Morgan fingerprint density at radius 2 is 1.74 bits per heavy atom. The molecule has 1 amide bonds. The normalized spacial score (nSPS) is 19.2. The van der Waals surface area contributed by atoms with Crippen LogP contribution in [0.25, 0.3) is 0 Å². The van der Waals surface area contributed by atoms with Gasteiger partial charge in [0.2, 0.25) is 15.9 Å². The second kappa shape index (κ2) is 8.55. The Morgan fingerprint density at radius 3 is 2.19 bits per heavy atom. The van der Waals surface area contributed by atoms with Crippen LogP contribution >= 0.6 is 0 Å². The zero-order chi connectivity index (χ0) is 23.1. The number of methoxy groups -OCH3 is 1. The van der Waals surface area contributed by atoms with Crippen LogP contribution < -0.4 is 20.5 Å². The zero-order valence-corrected chi connectivity index (χ0v) is 17.8. The summed E-state index contributed by atoms with van der Waals surface area (Å²) in [6.07, 6.45) is -0.830. The third-order valence-electron chi connectivity index (χ3n) is 5.67. The van der Waals surface area contributed by atoms with Crippen molar-refractivity contribution in [1.29, 1.82) is 0 Å². The first-order valence-electron chi connectivity index (χ1n) is 9.88. The van der Waals surface area contributed by atoms with Crippen molar-refractivity contribution in [2.75, 3.05) is 12.4 Å². The molecule has 0 unspecified atom stereocenters. The summed E-state index contributed by atoms with van der Waals surface area (Å²) in [4.78, 5) is 11.8. The highest BCUT2D eigenvalue weighted by molar-refractivity contribution is 7.89. The molecule has 0 bridgehead atoms. The molecule has 2 fully saturated rings. The van der Waals surface area contributed by atoms with Gasteiger partial charge in [-0.3, -0.25) is 4.79 Å². The van der Waals surface area contributed by atoms with E-state index in [2.05, 4.69) is 5.32 Å². The van der Waals surface area contributed by atoms with Crippen molar-refractivity contribution in [3.8, 4) is 5.75 Å². The quantitative estimate of drug-likeness (QED) is 0.484. The number of hydrogen-bond acceptors (Lipinski definition) is 5. The van der Waals surface area contributed by atoms with Gasteiger partial charge in [-0.2, -0.15) is 17.9 Å². The molecule has 2 aliphatic rings. The molecule has 0 saturated heterocycles. The number of benzene rings is 1. The van der Waals surface area contributed by atoms with Gasteiger partial charge in [-0.25, -0.2) is 12.8 Å². The van der Waals surface area contributed by atoms with E-state index >= 15 is 0 Å². The lowest BCUT2D eigenvalue weighted by Crippen LogP contribution is -2.44. The fourth-order valence-corrected chi connectivity index (χ4v) is 5.08. The molecule has 2 atom stereocenters. The fraction of sp³-hybridized carbons (Fsp3) is 0.632. The molecule has 2 saturated carbocycles. The number of nitrogens with one attached hydrogen (secondary N) is 2. The van der Waals surface area contributed by atoms with Crippen LogP contribution in [0.15, 0.2) is 17.0 Å². The molecular formula is C19H25F4N3O4S. The molecule has 0 aliphatic heterocycles. The molecule has 1 aromatic rings. The first kappa shape index (κ1) is 23.7. The Labute approximate surface area is 177 Å². The first-order chi connectivity index (χ1) is 14.3. The van der Waals surface area contributed by atoms with E-state index in [1.165, 1.54) is 4.72 Å². The standard InChI is InChI=1S/C19H25F4N3O4S/c1-9(19(21,22)23)26-31(28,29)15-7-12(20)13(8-14(15)30-2)25-18(27)17(24)16(10-3-4-10)11-5-6-11/h7-11,16-17,26H,3-6,24H2,1-2H3,(H,25,27)/t9-,17-/m0/s1. The minimum absolute atomic E-state index is 0.0117. The highest BCUT2D eigenvalue weighted by atomic mass is 32.2. The number of anilines is 1. The summed E-state index contributed by atoms with van der Waals surface area (Å²) in [5.41, 5.74) is 5.76. The lowest BCUT2D eigenvalue weighted by molar-refractivity contribution is -0.147. The van der Waals surface area contributed by atoms with Gasteiger partial charge < -0.3 is 15.8 Å². The van der Waals surface area contributed by atoms with E-state index in [1.54, 1.807) is 0 Å². The minimum atomic E-state index is -4.83. The van der Waals surface area contributed by atoms with Gasteiger partial charge in [0.15, 0.2) is 0 Å². The number of alkyl halides is 3. The highest BCUT2D eigenvalue weighted by Crippen LogP contribution is 2.50. The Balaban J connectivity index is 1.81. The van der Waals surface area contributed by atoms with E-state index in [9.17, 15) is 30.8 Å². The van der Waals surface area contributed by atoms with Gasteiger partial charge in [0.25, 0.3) is 0 Å². The Kier molecular flexibility index (Phi) is 6.55. The summed E-state index contributed by atoms with van der Waals surface area (Å²) in [5.74, 6) is -1.41. The van der Waals surface area contributed by atoms with Crippen LogP contribution in [0.3, 0.4) is 0 Å². The smallest absolute Gasteiger partial charge is 0.404 e. The summed E-state index contributed by atoms with van der Waals surface area (Å²) in [7, 11) is -3.68. The number of carbonyl (C=O) groups is 1. The van der Waals surface area contributed by atoms with Crippen molar-refractivity contribution in [2.24, 2.45) is 23.5 Å². The number of sulfonamides is 1. The Morgan fingerprint density at radius 1 is 1.19 bits per heavy atom. The van der Waals surface area contributed by atoms with Gasteiger partial charge in [0.05, 0.1) is 18.8 Å². The van der Waals surface area contributed by atoms with Crippen molar-refractivity contribution < 1.29 is 35.5 Å². The predicted octanol–water partition coefficient (Wildman–Crippen LogP) is 2.77. The summed E-state index contributed by atoms with van der Waals surface area (Å²) in [6, 6.07) is -1.83. The first-order valence-corrected chi connectivity index (χ1v) is 11.4. The second-order valence-electron chi connectivity index (χ2n) is 8.13. The lowest BCUT2D eigenvalue weighted by atomic mass is 9.89. The van der Waals surface area contributed by atoms with Crippen molar-refractivity contribution in [2.45, 2.75) is 55.8 Å². The highest BCUT2D eigenvalue weighted by Gasteiger charge is 2.46. The average molecular weight is 467 g/mol. The van der Waals surface area contributed by atoms with Crippen LogP contribution in [-0.4, -0.2) is 39.7 Å². The number of amides is 1. The molecule has 3 rings (SSSR count). The third-order valence-corrected chi connectivity index (χ3v) is 7.24. The van der Waals surface area contributed by atoms with E-state index in [0.29, 0.717) is 24.8 Å². The lowest BCUT2D eigenvalue weighted by Gasteiger charge is -2.23. The van der Waals surface area contributed by atoms with Crippen LogP contribution in [0.4, 0.5) is 23.2 Å². The molecule has 0 aromatic heterocycles. The van der Waals surface area contributed by atoms with Crippen molar-refractivity contribution >= 4 is 21.6 Å². The molecule has 0 heterocycles. The molecule has 31 heavy (non-hydrogen) atoms. The SMILES string of the molecule is COc1cc(NC(=O)[C@@H](N)C(C2CC2)C2CC2)c(F)cc1S(=O)(=O)N[C@@H](C)C(F)(F)F. The Bertz CT molecular complexity index is 934. The van der Waals surface area contributed by atoms with Crippen LogP contribution in [-0.2, 0) is 14.8 Å². The topological polar surface area (TPSA) is 111 Å². The summed E-state index contributed by atoms with van der Waals surface area (Å²) in [5, 5.41) is 2.36. The van der Waals surface area contributed by atoms with Crippen LogP contribution in [0.2, 0.25) is 0 Å². The van der Waals surface area contributed by atoms with Gasteiger partial charge in [0.1, 0.15) is 22.5 Å². The van der Waals surface area contributed by atoms with Gasteiger partial charge in [0, 0.05) is 6.07 Å². The maximum Gasteiger partial charge on any atom is 0.404 e. The monoisotopic (exact) mass is 467 g/mol. The van der Waals surface area contributed by atoms with Gasteiger partial charge in [-0.05, 0) is 56.4 Å². The minimum Gasteiger partial charge on any atom is -0.495 e. The number of hydrogen-bond donors (Lipinski definition) is 3. The maximum atomic E-state index is 14.6. The molecule has 1 aromatic carbocycles. The third kappa shape index (κ3) is 5.47. The summed E-state index contributed by atoms with van der Waals surface area (Å²) in [6.45, 7) is 0.618. The van der Waals surface area contributed by atoms with Crippen LogP contribution in [0.5, 0.6) is 5.75 Å². The number of carbonyl (C=O) groups excluding carboxylic acids is 1. The predicted molar refractivity (Wildman–Crippen MR) is 104 cm³/mol. The fourth-order valence-electron chi connectivity index (χ4n) is 3.69. The van der Waals surface area contributed by atoms with Gasteiger partial charge >= 0.3 is 6.18 Å². The van der Waals surface area contributed by atoms with Gasteiger partial charge in [-0.15, -0.1) is 0 Å². The number of ether oxygens (including phenoxy) is 1. The van der Waals surface area contributed by atoms with E-state index in [0.717, 1.165) is 38.9 Å². The van der Waals surface area contributed by atoms with E-state index < -0.39 is 50.7 Å². The number of halogens is 4. The molecule has 4 N–H and O–H groups in total. The molecular weight excluding hydrogens is 442 g/mol. The molecule has 7 nitrogen and oxygen atoms in total. The average Bonchev–Trinajstić information content (AvgIpc) is 3.57. The zero-order valence-electron chi connectivity index (χ0n) is 17.0. The largest absolute Gasteiger partial charge is 0.495 e. The van der Waals surface area contributed by atoms with Crippen LogP contribution in [0, 0.1) is 23.6 Å². The number of rotatable bonds is 9. The molecule has 2 aliphatic carbocycles. The summed E-state index contributed by atoms with van der Waals surface area (Å²) >= 11 is 0. The van der Waals surface area contributed by atoms with Crippen LogP contribution in [0.1, 0.15) is 32.6 Å². The van der Waals surface area contributed by atoms with E-state index in [4.69, 9.17) is 10.5 Å². The van der Waals surface area contributed by atoms with Crippen molar-refractivity contribution in [3.63, 3.8) is 0 Å². The maximum absolute atomic E-state index is 14.6. The molecule has 0 radical (unpaired) electrons. The Hall–Kier alpha value is -1.92. The van der Waals surface area contributed by atoms with Gasteiger partial charge in [-0.1, -0.05) is 0 Å². The summed E-state index contributed by atoms with van der Waals surface area (Å²) < 4.78 is 83.9. The number of nitrogens with two attached hydrogens (primary N) is 1. The van der Waals surface area contributed by atoms with Crippen molar-refractivity contribution in [3.05, 3.63) is 17.9 Å². The van der Waals surface area contributed by atoms with Crippen molar-refractivity contribution in [1.82, 2.24) is 4.72 Å². The molecule has 0 spiro atoms. The second-order valence-corrected chi connectivity index (χ2v) is 9.82. The van der Waals surface area contributed by atoms with E-state index in [1.807, 2.05) is 0 Å². The molecule has 12 heteroatoms. The van der Waals surface area contributed by atoms with E-state index in [-0.39, 0.29) is 11.6 Å².